The Morgan fingerprint density at radius 2 is 1.73 bits per heavy atom. The van der Waals surface area contributed by atoms with Crippen LogP contribution in [0.15, 0.2) is 54.6 Å². The second kappa shape index (κ2) is 8.53. The lowest BCUT2D eigenvalue weighted by atomic mass is 9.87. The van der Waals surface area contributed by atoms with Crippen LogP contribution in [0.5, 0.6) is 0 Å². The third kappa shape index (κ3) is 3.96. The quantitative estimate of drug-likeness (QED) is 0.453. The Hall–Kier alpha value is -3.37. The number of hydrogen-bond donors (Lipinski definition) is 2. The van der Waals surface area contributed by atoms with Gasteiger partial charge < -0.3 is 25.1 Å². The van der Waals surface area contributed by atoms with E-state index in [1.165, 1.54) is 36.4 Å². The predicted octanol–water partition coefficient (Wildman–Crippen LogP) is 2.21. The average molecular weight is 461 g/mol. The molecule has 174 valence electrons. The number of halogens is 2. The van der Waals surface area contributed by atoms with Crippen LogP contribution in [-0.4, -0.2) is 47.1 Å². The van der Waals surface area contributed by atoms with Gasteiger partial charge in [0.05, 0.1) is 18.3 Å². The summed E-state index contributed by atoms with van der Waals surface area (Å²) in [5.74, 6) is -6.44. The summed E-state index contributed by atoms with van der Waals surface area (Å²) in [6.07, 6.45) is -1.18. The Kier molecular flexibility index (Phi) is 5.89. The van der Waals surface area contributed by atoms with Crippen LogP contribution in [0.1, 0.15) is 22.3 Å². The van der Waals surface area contributed by atoms with Crippen LogP contribution in [0.2, 0.25) is 0 Å². The van der Waals surface area contributed by atoms with Crippen molar-refractivity contribution in [3.8, 4) is 0 Å². The van der Waals surface area contributed by atoms with Gasteiger partial charge in [0.2, 0.25) is 12.5 Å². The standard InChI is InChI=1S/C23H21F2NO7/c24-15-8-6-13(7-9-15)11-31-17-10-16-18(22(16,25)20(28)29)23(17,26)21(30)33-12-32-19(27)14-4-2-1-3-5-14/h1-9,16-18H,10-12,26H2,(H,28,29). The molecule has 2 fully saturated rings. The van der Waals surface area contributed by atoms with E-state index in [0.29, 0.717) is 5.56 Å². The Labute approximate surface area is 187 Å². The fraction of sp³-hybridized carbons (Fsp3) is 0.348. The molecule has 10 heteroatoms. The first kappa shape index (κ1) is 22.8. The molecule has 3 N–H and O–H groups in total. The van der Waals surface area contributed by atoms with Crippen LogP contribution in [0.25, 0.3) is 0 Å². The van der Waals surface area contributed by atoms with E-state index >= 15 is 0 Å². The van der Waals surface area contributed by atoms with Crippen molar-refractivity contribution in [3.63, 3.8) is 0 Å². The fourth-order valence-corrected chi connectivity index (χ4v) is 4.49. The van der Waals surface area contributed by atoms with Crippen LogP contribution >= 0.6 is 0 Å². The first-order valence-corrected chi connectivity index (χ1v) is 10.2. The molecule has 0 bridgehead atoms. The predicted molar refractivity (Wildman–Crippen MR) is 108 cm³/mol. The van der Waals surface area contributed by atoms with Crippen LogP contribution in [0.4, 0.5) is 8.78 Å². The van der Waals surface area contributed by atoms with Crippen molar-refractivity contribution < 1.29 is 42.5 Å². The highest BCUT2D eigenvalue weighted by Crippen LogP contribution is 2.67. The van der Waals surface area contributed by atoms with Crippen molar-refractivity contribution in [3.05, 3.63) is 71.5 Å². The van der Waals surface area contributed by atoms with Crippen molar-refractivity contribution in [2.75, 3.05) is 6.79 Å². The van der Waals surface area contributed by atoms with E-state index in [1.54, 1.807) is 18.2 Å². The third-order valence-electron chi connectivity index (χ3n) is 6.24. The minimum Gasteiger partial charge on any atom is -0.479 e. The molecule has 4 rings (SSSR count). The van der Waals surface area contributed by atoms with Crippen molar-refractivity contribution in [2.45, 2.75) is 30.3 Å². The van der Waals surface area contributed by atoms with Crippen molar-refractivity contribution in [2.24, 2.45) is 17.6 Å². The topological polar surface area (TPSA) is 125 Å². The smallest absolute Gasteiger partial charge is 0.342 e. The van der Waals surface area contributed by atoms with Gasteiger partial charge in [0.25, 0.3) is 0 Å². The lowest BCUT2D eigenvalue weighted by Crippen LogP contribution is -2.61. The van der Waals surface area contributed by atoms with Crippen molar-refractivity contribution in [1.29, 1.82) is 0 Å². The van der Waals surface area contributed by atoms with Gasteiger partial charge >= 0.3 is 17.9 Å². The highest BCUT2D eigenvalue weighted by atomic mass is 19.1. The van der Waals surface area contributed by atoms with Crippen molar-refractivity contribution >= 4 is 17.9 Å². The molecule has 2 aliphatic carbocycles. The van der Waals surface area contributed by atoms with Gasteiger partial charge in [-0.3, -0.25) is 0 Å². The molecule has 0 aliphatic heterocycles. The number of rotatable bonds is 8. The van der Waals surface area contributed by atoms with Gasteiger partial charge in [0.15, 0.2) is 0 Å². The Bertz CT molecular complexity index is 1060. The first-order chi connectivity index (χ1) is 15.7. The number of carboxylic acids is 1. The monoisotopic (exact) mass is 461 g/mol. The molecule has 2 aliphatic rings. The number of aliphatic carboxylic acids is 1. The molecular formula is C23H21F2NO7. The van der Waals surface area contributed by atoms with Gasteiger partial charge in [0, 0.05) is 11.8 Å². The SMILES string of the molecule is NC1(C(=O)OCOC(=O)c2ccccc2)C(OCc2ccc(F)cc2)CC2C1C2(F)C(=O)O. The number of ether oxygens (including phenoxy) is 3. The number of hydrogen-bond acceptors (Lipinski definition) is 7. The molecule has 33 heavy (non-hydrogen) atoms. The molecule has 0 spiro atoms. The van der Waals surface area contributed by atoms with E-state index in [1.807, 2.05) is 0 Å². The summed E-state index contributed by atoms with van der Waals surface area (Å²) in [5.41, 5.74) is 2.28. The van der Waals surface area contributed by atoms with Gasteiger partial charge in [-0.2, -0.15) is 0 Å². The highest BCUT2D eigenvalue weighted by Gasteiger charge is 2.85. The number of nitrogens with two attached hydrogens (primary N) is 1. The van der Waals surface area contributed by atoms with E-state index in [4.69, 9.17) is 19.9 Å². The van der Waals surface area contributed by atoms with Gasteiger partial charge in [-0.1, -0.05) is 30.3 Å². The van der Waals surface area contributed by atoms with Crippen molar-refractivity contribution in [1.82, 2.24) is 0 Å². The van der Waals surface area contributed by atoms with E-state index in [2.05, 4.69) is 0 Å². The first-order valence-electron chi connectivity index (χ1n) is 10.2. The fourth-order valence-electron chi connectivity index (χ4n) is 4.49. The summed E-state index contributed by atoms with van der Waals surface area (Å²) in [4.78, 5) is 36.3. The van der Waals surface area contributed by atoms with Gasteiger partial charge in [0.1, 0.15) is 11.4 Å². The molecular weight excluding hydrogens is 440 g/mol. The minimum absolute atomic E-state index is 0.0635. The number of carbonyl (C=O) groups is 3. The molecule has 5 atom stereocenters. The Morgan fingerprint density at radius 3 is 2.36 bits per heavy atom. The van der Waals surface area contributed by atoms with Gasteiger partial charge in [-0.05, 0) is 36.2 Å². The molecule has 2 aromatic carbocycles. The molecule has 0 aromatic heterocycles. The number of carboxylic acid groups (broad SMARTS) is 1. The molecule has 2 saturated carbocycles. The zero-order chi connectivity index (χ0) is 23.8. The summed E-state index contributed by atoms with van der Waals surface area (Å²) >= 11 is 0. The second-order valence-electron chi connectivity index (χ2n) is 8.10. The summed E-state index contributed by atoms with van der Waals surface area (Å²) in [7, 11) is 0. The van der Waals surface area contributed by atoms with Crippen LogP contribution in [0.3, 0.4) is 0 Å². The van der Waals surface area contributed by atoms with E-state index in [0.717, 1.165) is 0 Å². The minimum atomic E-state index is -2.68. The number of carbonyl (C=O) groups excluding carboxylic acids is 2. The molecule has 0 heterocycles. The number of fused-ring (bicyclic) bond motifs is 1. The zero-order valence-corrected chi connectivity index (χ0v) is 17.3. The van der Waals surface area contributed by atoms with E-state index in [9.17, 15) is 28.3 Å². The maximum Gasteiger partial charge on any atom is 0.342 e. The number of esters is 2. The number of benzene rings is 2. The summed E-state index contributed by atoms with van der Waals surface area (Å²) in [6, 6.07) is 13.4. The zero-order valence-electron chi connectivity index (χ0n) is 17.3. The van der Waals surface area contributed by atoms with E-state index < -0.39 is 59.7 Å². The maximum absolute atomic E-state index is 15.0. The van der Waals surface area contributed by atoms with Gasteiger partial charge in [-0.15, -0.1) is 0 Å². The maximum atomic E-state index is 15.0. The Morgan fingerprint density at radius 1 is 1.06 bits per heavy atom. The summed E-state index contributed by atoms with van der Waals surface area (Å²) in [5, 5.41) is 9.30. The molecule has 0 amide bonds. The molecule has 5 unspecified atom stereocenters. The normalized spacial score (nSPS) is 29.7. The summed E-state index contributed by atoms with van der Waals surface area (Å²) in [6.45, 7) is -0.855. The molecule has 2 aromatic rings. The van der Waals surface area contributed by atoms with Gasteiger partial charge in [-0.25, -0.2) is 23.2 Å². The molecule has 0 radical (unpaired) electrons. The molecule has 0 saturated heterocycles. The van der Waals surface area contributed by atoms with Crippen LogP contribution < -0.4 is 5.73 Å². The highest BCUT2D eigenvalue weighted by molar-refractivity contribution is 5.92. The number of alkyl halides is 1. The second-order valence-corrected chi connectivity index (χ2v) is 8.10. The van der Waals surface area contributed by atoms with Crippen LogP contribution in [-0.2, 0) is 30.4 Å². The van der Waals surface area contributed by atoms with Crippen LogP contribution in [0, 0.1) is 17.7 Å². The van der Waals surface area contributed by atoms with E-state index in [-0.39, 0.29) is 18.6 Å². The molecule has 8 nitrogen and oxygen atoms in total. The third-order valence-corrected chi connectivity index (χ3v) is 6.24. The lowest BCUT2D eigenvalue weighted by Gasteiger charge is -2.33. The Balaban J connectivity index is 1.44. The average Bonchev–Trinajstić information content (AvgIpc) is 3.29. The summed E-state index contributed by atoms with van der Waals surface area (Å²) < 4.78 is 43.7. The lowest BCUT2D eigenvalue weighted by molar-refractivity contribution is -0.168. The largest absolute Gasteiger partial charge is 0.479 e.